The molecule has 4 aromatic rings. The van der Waals surface area contributed by atoms with Gasteiger partial charge in [-0.3, -0.25) is 9.80 Å². The predicted octanol–water partition coefficient (Wildman–Crippen LogP) is 4.08. The molecule has 0 fully saturated rings. The van der Waals surface area contributed by atoms with Gasteiger partial charge in [-0.05, 0) is 28.8 Å². The molecule has 1 aliphatic rings. The second kappa shape index (κ2) is 10.4. The highest BCUT2D eigenvalue weighted by atomic mass is 16.5. The number of phenolic OH excluding ortho intramolecular Hbond substituents is 1. The van der Waals surface area contributed by atoms with Gasteiger partial charge in [-0.15, -0.1) is 0 Å². The van der Waals surface area contributed by atoms with Gasteiger partial charge in [-0.1, -0.05) is 54.6 Å². The van der Waals surface area contributed by atoms with Crippen LogP contribution < -0.4 is 16.2 Å². The zero-order chi connectivity index (χ0) is 26.6. The highest BCUT2D eigenvalue weighted by Crippen LogP contribution is 2.35. The molecule has 9 heteroatoms. The van der Waals surface area contributed by atoms with Crippen molar-refractivity contribution in [3.05, 3.63) is 119 Å². The maximum absolute atomic E-state index is 13.3. The molecule has 5 N–H and O–H groups in total. The number of ether oxygens (including phenoxy) is 1. The van der Waals surface area contributed by atoms with E-state index in [1.165, 1.54) is 19.4 Å². The van der Waals surface area contributed by atoms with Crippen molar-refractivity contribution in [2.75, 3.05) is 18.6 Å². The zero-order valence-corrected chi connectivity index (χ0v) is 20.7. The second-order valence-corrected chi connectivity index (χ2v) is 8.76. The number of aromatic hydroxyl groups is 1. The number of nitrogen functional groups attached to an aromatic ring is 2. The third-order valence-electron chi connectivity index (χ3n) is 6.31. The van der Waals surface area contributed by atoms with Crippen LogP contribution in [0.3, 0.4) is 0 Å². The number of rotatable bonds is 7. The SMILES string of the molecule is COc1cc(Cc2cnc(N)nc2N)cc(C(=O)C=CN2N=Cc3ccccc3C2c2ccccc2)c1O. The first-order chi connectivity index (χ1) is 18.4. The fourth-order valence-corrected chi connectivity index (χ4v) is 4.44. The Hall–Kier alpha value is -5.18. The van der Waals surface area contributed by atoms with Crippen LogP contribution in [-0.2, 0) is 6.42 Å². The number of carbonyl (C=O) groups excluding carboxylic acids is 1. The summed E-state index contributed by atoms with van der Waals surface area (Å²) >= 11 is 0. The number of hydrogen-bond donors (Lipinski definition) is 3. The number of phenols is 1. The summed E-state index contributed by atoms with van der Waals surface area (Å²) in [6, 6.07) is 21.0. The summed E-state index contributed by atoms with van der Waals surface area (Å²) in [5.41, 5.74) is 16.1. The van der Waals surface area contributed by atoms with Crippen molar-refractivity contribution in [2.24, 2.45) is 5.10 Å². The number of fused-ring (bicyclic) bond motifs is 1. The molecule has 190 valence electrons. The van der Waals surface area contributed by atoms with Gasteiger partial charge >= 0.3 is 0 Å². The summed E-state index contributed by atoms with van der Waals surface area (Å²) in [6.07, 6.45) is 6.63. The molecule has 3 aromatic carbocycles. The zero-order valence-electron chi connectivity index (χ0n) is 20.7. The Morgan fingerprint density at radius 3 is 2.63 bits per heavy atom. The highest BCUT2D eigenvalue weighted by molar-refractivity contribution is 6.07. The third kappa shape index (κ3) is 4.90. The quantitative estimate of drug-likeness (QED) is 0.252. The molecule has 1 aliphatic heterocycles. The Labute approximate surface area is 219 Å². The lowest BCUT2D eigenvalue weighted by Gasteiger charge is -2.31. The van der Waals surface area contributed by atoms with Gasteiger partial charge in [0.05, 0.1) is 18.9 Å². The molecular formula is C29H26N6O3. The minimum absolute atomic E-state index is 0.0762. The monoisotopic (exact) mass is 506 g/mol. The maximum Gasteiger partial charge on any atom is 0.221 e. The van der Waals surface area contributed by atoms with Gasteiger partial charge in [-0.2, -0.15) is 10.1 Å². The molecule has 2 heterocycles. The fraction of sp³-hybridized carbons (Fsp3) is 0.103. The molecule has 0 spiro atoms. The number of benzene rings is 3. The van der Waals surface area contributed by atoms with E-state index in [2.05, 4.69) is 15.1 Å². The first-order valence-corrected chi connectivity index (χ1v) is 11.9. The van der Waals surface area contributed by atoms with Crippen LogP contribution in [0.4, 0.5) is 11.8 Å². The Kier molecular flexibility index (Phi) is 6.73. The summed E-state index contributed by atoms with van der Waals surface area (Å²) in [5, 5.41) is 17.1. The topological polar surface area (TPSA) is 140 Å². The van der Waals surface area contributed by atoms with Gasteiger partial charge in [0.2, 0.25) is 5.95 Å². The standard InChI is InChI=1S/C29H26N6O3/c1-38-25-15-18(13-21-16-32-29(31)34-28(21)30)14-23(27(25)37)24(36)11-12-35-26(19-7-3-2-4-8-19)22-10-6-5-9-20(22)17-33-35/h2-12,14-17,26,37H,13H2,1H3,(H4,30,31,32,34). The smallest absolute Gasteiger partial charge is 0.221 e. The average molecular weight is 507 g/mol. The van der Waals surface area contributed by atoms with Crippen LogP contribution in [0, 0.1) is 0 Å². The van der Waals surface area contributed by atoms with Crippen LogP contribution in [0.5, 0.6) is 11.5 Å². The van der Waals surface area contributed by atoms with E-state index in [9.17, 15) is 9.90 Å². The first-order valence-electron chi connectivity index (χ1n) is 11.9. The van der Waals surface area contributed by atoms with Crippen LogP contribution in [0.2, 0.25) is 0 Å². The number of nitrogens with two attached hydrogens (primary N) is 2. The summed E-state index contributed by atoms with van der Waals surface area (Å²) < 4.78 is 5.33. The largest absolute Gasteiger partial charge is 0.504 e. The van der Waals surface area contributed by atoms with Gasteiger partial charge in [0, 0.05) is 36.0 Å². The molecule has 1 atom stereocenters. The molecule has 0 aliphatic carbocycles. The van der Waals surface area contributed by atoms with E-state index >= 15 is 0 Å². The number of methoxy groups -OCH3 is 1. The minimum atomic E-state index is -0.412. The highest BCUT2D eigenvalue weighted by Gasteiger charge is 2.25. The van der Waals surface area contributed by atoms with Crippen molar-refractivity contribution in [1.29, 1.82) is 0 Å². The Morgan fingerprint density at radius 2 is 1.87 bits per heavy atom. The lowest BCUT2D eigenvalue weighted by atomic mass is 9.93. The maximum atomic E-state index is 13.3. The molecule has 5 rings (SSSR count). The molecule has 0 radical (unpaired) electrons. The molecule has 0 bridgehead atoms. The summed E-state index contributed by atoms with van der Waals surface area (Å²) in [5.74, 6) is -0.175. The Bertz CT molecular complexity index is 1550. The van der Waals surface area contributed by atoms with Gasteiger partial charge in [0.1, 0.15) is 11.9 Å². The van der Waals surface area contributed by atoms with E-state index in [0.29, 0.717) is 17.5 Å². The number of allylic oxidation sites excluding steroid dienone is 1. The Morgan fingerprint density at radius 1 is 1.11 bits per heavy atom. The van der Waals surface area contributed by atoms with Crippen LogP contribution in [0.1, 0.15) is 44.2 Å². The predicted molar refractivity (Wildman–Crippen MR) is 146 cm³/mol. The van der Waals surface area contributed by atoms with E-state index in [0.717, 1.165) is 16.7 Å². The third-order valence-corrected chi connectivity index (χ3v) is 6.31. The van der Waals surface area contributed by atoms with Gasteiger partial charge < -0.3 is 21.3 Å². The van der Waals surface area contributed by atoms with Crippen LogP contribution >= 0.6 is 0 Å². The first kappa shape index (κ1) is 24.5. The molecule has 0 saturated carbocycles. The number of aromatic nitrogens is 2. The molecule has 1 unspecified atom stereocenters. The van der Waals surface area contributed by atoms with E-state index in [1.807, 2.05) is 54.6 Å². The van der Waals surface area contributed by atoms with Crippen molar-refractivity contribution < 1.29 is 14.6 Å². The number of ketones is 1. The Balaban J connectivity index is 1.46. The molecular weight excluding hydrogens is 480 g/mol. The van der Waals surface area contributed by atoms with Crippen molar-refractivity contribution >= 4 is 23.8 Å². The van der Waals surface area contributed by atoms with Gasteiger partial charge in [0.15, 0.2) is 17.3 Å². The van der Waals surface area contributed by atoms with Gasteiger partial charge in [-0.25, -0.2) is 4.98 Å². The van der Waals surface area contributed by atoms with Crippen LogP contribution in [0.15, 0.2) is 90.3 Å². The second-order valence-electron chi connectivity index (χ2n) is 8.76. The lowest BCUT2D eigenvalue weighted by molar-refractivity contribution is 0.104. The lowest BCUT2D eigenvalue weighted by Crippen LogP contribution is -2.24. The molecule has 0 amide bonds. The average Bonchev–Trinajstić information content (AvgIpc) is 2.94. The normalized spacial score (nSPS) is 14.4. The molecule has 0 saturated heterocycles. The number of nitrogens with zero attached hydrogens (tertiary/aromatic N) is 4. The molecule has 9 nitrogen and oxygen atoms in total. The van der Waals surface area contributed by atoms with Crippen LogP contribution in [-0.4, -0.2) is 39.2 Å². The van der Waals surface area contributed by atoms with Crippen LogP contribution in [0.25, 0.3) is 0 Å². The summed E-state index contributed by atoms with van der Waals surface area (Å²) in [4.78, 5) is 21.3. The van der Waals surface area contributed by atoms with Crippen molar-refractivity contribution in [3.8, 4) is 11.5 Å². The van der Waals surface area contributed by atoms with Crippen molar-refractivity contribution in [2.45, 2.75) is 12.5 Å². The van der Waals surface area contributed by atoms with E-state index in [4.69, 9.17) is 16.2 Å². The number of carbonyl (C=O) groups is 1. The number of hydrogen-bond acceptors (Lipinski definition) is 9. The van der Waals surface area contributed by atoms with Crippen molar-refractivity contribution in [3.63, 3.8) is 0 Å². The van der Waals surface area contributed by atoms with Gasteiger partial charge in [0.25, 0.3) is 0 Å². The molecule has 38 heavy (non-hydrogen) atoms. The van der Waals surface area contributed by atoms with E-state index in [1.54, 1.807) is 29.6 Å². The van der Waals surface area contributed by atoms with E-state index < -0.39 is 5.78 Å². The van der Waals surface area contributed by atoms with E-state index in [-0.39, 0.29) is 34.9 Å². The summed E-state index contributed by atoms with van der Waals surface area (Å²) in [6.45, 7) is 0. The number of hydrazone groups is 1. The number of anilines is 2. The minimum Gasteiger partial charge on any atom is -0.504 e. The molecule has 1 aromatic heterocycles. The fourth-order valence-electron chi connectivity index (χ4n) is 4.44. The van der Waals surface area contributed by atoms with Crippen molar-refractivity contribution in [1.82, 2.24) is 15.0 Å². The summed E-state index contributed by atoms with van der Waals surface area (Å²) in [7, 11) is 1.42.